The first-order chi connectivity index (χ1) is 9.98. The number of amides is 1. The highest BCUT2D eigenvalue weighted by Crippen LogP contribution is 2.22. The molecule has 21 heavy (non-hydrogen) atoms. The first kappa shape index (κ1) is 16.0. The van der Waals surface area contributed by atoms with Gasteiger partial charge in [0.25, 0.3) is 0 Å². The number of unbranched alkanes of at least 4 members (excludes halogenated alkanes) is 1. The van der Waals surface area contributed by atoms with Crippen molar-refractivity contribution in [1.82, 2.24) is 0 Å². The monoisotopic (exact) mass is 309 g/mol. The van der Waals surface area contributed by atoms with Gasteiger partial charge in [-0.1, -0.05) is 25.5 Å². The van der Waals surface area contributed by atoms with E-state index in [2.05, 4.69) is 12.2 Å². The van der Waals surface area contributed by atoms with E-state index in [1.54, 1.807) is 0 Å². The second kappa shape index (κ2) is 7.07. The van der Waals surface area contributed by atoms with Crippen molar-refractivity contribution in [2.45, 2.75) is 39.0 Å². The van der Waals surface area contributed by atoms with E-state index in [-0.39, 0.29) is 29.8 Å². The van der Waals surface area contributed by atoms with Crippen LogP contribution in [0.2, 0.25) is 0 Å². The fourth-order valence-corrected chi connectivity index (χ4v) is 4.50. The van der Waals surface area contributed by atoms with Crippen LogP contribution in [0.15, 0.2) is 24.3 Å². The lowest BCUT2D eigenvalue weighted by molar-refractivity contribution is -0.116. The van der Waals surface area contributed by atoms with Crippen LogP contribution in [-0.2, 0) is 21.1 Å². The van der Waals surface area contributed by atoms with Crippen molar-refractivity contribution in [2.75, 3.05) is 16.8 Å². The molecule has 1 atom stereocenters. The topological polar surface area (TPSA) is 63.2 Å². The zero-order valence-corrected chi connectivity index (χ0v) is 13.3. The van der Waals surface area contributed by atoms with Crippen LogP contribution in [-0.4, -0.2) is 25.8 Å². The molecule has 1 N–H and O–H groups in total. The average molecular weight is 309 g/mol. The van der Waals surface area contributed by atoms with E-state index < -0.39 is 9.84 Å². The third kappa shape index (κ3) is 5.16. The minimum Gasteiger partial charge on any atom is -0.326 e. The van der Waals surface area contributed by atoms with E-state index in [0.717, 1.165) is 12.1 Å². The summed E-state index contributed by atoms with van der Waals surface area (Å²) in [7, 11) is -2.91. The summed E-state index contributed by atoms with van der Waals surface area (Å²) < 4.78 is 22.7. The fourth-order valence-electron chi connectivity index (χ4n) is 2.64. The zero-order valence-electron chi connectivity index (χ0n) is 12.5. The molecule has 5 heteroatoms. The Kier molecular flexibility index (Phi) is 5.39. The van der Waals surface area contributed by atoms with E-state index >= 15 is 0 Å². The summed E-state index contributed by atoms with van der Waals surface area (Å²) in [4.78, 5) is 11.9. The molecule has 0 unspecified atom stereocenters. The Morgan fingerprint density at radius 3 is 2.57 bits per heavy atom. The van der Waals surface area contributed by atoms with Crippen LogP contribution in [0.4, 0.5) is 5.69 Å². The van der Waals surface area contributed by atoms with Crippen molar-refractivity contribution in [3.05, 3.63) is 29.8 Å². The summed E-state index contributed by atoms with van der Waals surface area (Å²) in [6.07, 6.45) is 4.29. The van der Waals surface area contributed by atoms with Crippen LogP contribution in [0.1, 0.15) is 38.2 Å². The van der Waals surface area contributed by atoms with Crippen molar-refractivity contribution in [1.29, 1.82) is 0 Å². The van der Waals surface area contributed by atoms with Gasteiger partial charge >= 0.3 is 0 Å². The number of carbonyl (C=O) groups is 1. The molecule has 1 amide bonds. The first-order valence-corrected chi connectivity index (χ1v) is 9.40. The van der Waals surface area contributed by atoms with E-state index in [4.69, 9.17) is 0 Å². The second-order valence-electron chi connectivity index (χ2n) is 5.82. The van der Waals surface area contributed by atoms with Gasteiger partial charge in [0.05, 0.1) is 11.5 Å². The molecule has 1 heterocycles. The maximum absolute atomic E-state index is 11.9. The maximum atomic E-state index is 11.9. The molecule has 0 aliphatic carbocycles. The molecule has 1 aromatic rings. The number of hydrogen-bond acceptors (Lipinski definition) is 3. The molecule has 0 aromatic heterocycles. The van der Waals surface area contributed by atoms with E-state index in [9.17, 15) is 13.2 Å². The minimum atomic E-state index is -2.91. The molecule has 1 saturated heterocycles. The molecular formula is C16H23NO3S. The number of aryl methyl sites for hydroxylation is 1. The summed E-state index contributed by atoms with van der Waals surface area (Å²) in [5.74, 6) is 0.241. The number of hydrogen-bond donors (Lipinski definition) is 1. The van der Waals surface area contributed by atoms with Gasteiger partial charge in [-0.05, 0) is 42.9 Å². The molecule has 1 aliphatic heterocycles. The Morgan fingerprint density at radius 2 is 2.00 bits per heavy atom. The van der Waals surface area contributed by atoms with Crippen LogP contribution in [0.3, 0.4) is 0 Å². The molecule has 116 valence electrons. The van der Waals surface area contributed by atoms with Gasteiger partial charge in [0.2, 0.25) is 5.91 Å². The Morgan fingerprint density at radius 1 is 1.29 bits per heavy atom. The molecule has 2 rings (SSSR count). The smallest absolute Gasteiger partial charge is 0.224 e. The first-order valence-electron chi connectivity index (χ1n) is 7.58. The Bertz CT molecular complexity index is 578. The number of carbonyl (C=O) groups excluding carboxylic acids is 1. The van der Waals surface area contributed by atoms with E-state index in [1.165, 1.54) is 18.4 Å². The summed E-state index contributed by atoms with van der Waals surface area (Å²) in [5.41, 5.74) is 2.05. The third-order valence-electron chi connectivity index (χ3n) is 3.86. The van der Waals surface area contributed by atoms with Gasteiger partial charge in [-0.2, -0.15) is 0 Å². The normalized spacial score (nSPS) is 20.3. The standard InChI is InChI=1S/C16H23NO3S/c1-2-3-4-13-5-7-15(8-6-13)17-16(18)11-14-9-10-21(19,20)12-14/h5-8,14H,2-4,9-12H2,1H3,(H,17,18)/t14-/m1/s1. The summed E-state index contributed by atoms with van der Waals surface area (Å²) in [6.45, 7) is 2.16. The van der Waals surface area contributed by atoms with Gasteiger partial charge in [0, 0.05) is 12.1 Å². The molecule has 4 nitrogen and oxygen atoms in total. The predicted molar refractivity (Wildman–Crippen MR) is 85.1 cm³/mol. The molecule has 1 aromatic carbocycles. The molecule has 0 spiro atoms. The SMILES string of the molecule is CCCCc1ccc(NC(=O)C[C@H]2CCS(=O)(=O)C2)cc1. The highest BCUT2D eigenvalue weighted by Gasteiger charge is 2.29. The quantitative estimate of drug-likeness (QED) is 0.879. The van der Waals surface area contributed by atoms with Crippen molar-refractivity contribution in [3.8, 4) is 0 Å². The van der Waals surface area contributed by atoms with Gasteiger partial charge in [0.1, 0.15) is 0 Å². The van der Waals surface area contributed by atoms with Crippen molar-refractivity contribution >= 4 is 21.4 Å². The molecule has 1 fully saturated rings. The van der Waals surface area contributed by atoms with Crippen molar-refractivity contribution in [3.63, 3.8) is 0 Å². The number of anilines is 1. The summed E-state index contributed by atoms with van der Waals surface area (Å²) in [5, 5.41) is 2.85. The van der Waals surface area contributed by atoms with Gasteiger partial charge < -0.3 is 5.32 Å². The van der Waals surface area contributed by atoms with Crippen LogP contribution in [0.5, 0.6) is 0 Å². The molecular weight excluding hydrogens is 286 g/mol. The second-order valence-corrected chi connectivity index (χ2v) is 8.05. The van der Waals surface area contributed by atoms with Crippen LogP contribution >= 0.6 is 0 Å². The van der Waals surface area contributed by atoms with Crippen LogP contribution in [0, 0.1) is 5.92 Å². The molecule has 1 aliphatic rings. The third-order valence-corrected chi connectivity index (χ3v) is 5.69. The highest BCUT2D eigenvalue weighted by molar-refractivity contribution is 7.91. The van der Waals surface area contributed by atoms with Crippen molar-refractivity contribution in [2.24, 2.45) is 5.92 Å². The Balaban J connectivity index is 1.82. The molecule has 0 saturated carbocycles. The number of sulfone groups is 1. The van der Waals surface area contributed by atoms with E-state index in [1.807, 2.05) is 24.3 Å². The minimum absolute atomic E-state index is 0.0289. The van der Waals surface area contributed by atoms with Gasteiger partial charge in [0.15, 0.2) is 9.84 Å². The Labute approximate surface area is 126 Å². The lowest BCUT2D eigenvalue weighted by Crippen LogP contribution is -2.17. The average Bonchev–Trinajstić information content (AvgIpc) is 2.77. The lowest BCUT2D eigenvalue weighted by Gasteiger charge is -2.09. The summed E-state index contributed by atoms with van der Waals surface area (Å²) >= 11 is 0. The maximum Gasteiger partial charge on any atom is 0.224 e. The largest absolute Gasteiger partial charge is 0.326 e. The number of rotatable bonds is 6. The number of nitrogens with one attached hydrogen (secondary N) is 1. The number of benzene rings is 1. The zero-order chi connectivity index (χ0) is 15.3. The summed E-state index contributed by atoms with van der Waals surface area (Å²) in [6, 6.07) is 7.89. The predicted octanol–water partition coefficient (Wildman–Crippen LogP) is 2.79. The van der Waals surface area contributed by atoms with Crippen LogP contribution in [0.25, 0.3) is 0 Å². The molecule has 0 radical (unpaired) electrons. The fraction of sp³-hybridized carbons (Fsp3) is 0.562. The van der Waals surface area contributed by atoms with Gasteiger partial charge in [-0.15, -0.1) is 0 Å². The highest BCUT2D eigenvalue weighted by atomic mass is 32.2. The molecule has 0 bridgehead atoms. The van der Waals surface area contributed by atoms with Crippen LogP contribution < -0.4 is 5.32 Å². The Hall–Kier alpha value is -1.36. The van der Waals surface area contributed by atoms with Gasteiger partial charge in [-0.25, -0.2) is 8.42 Å². The van der Waals surface area contributed by atoms with E-state index in [0.29, 0.717) is 6.42 Å². The van der Waals surface area contributed by atoms with Crippen molar-refractivity contribution < 1.29 is 13.2 Å². The lowest BCUT2D eigenvalue weighted by atomic mass is 10.0. The van der Waals surface area contributed by atoms with Gasteiger partial charge in [-0.3, -0.25) is 4.79 Å².